The predicted molar refractivity (Wildman–Crippen MR) is 169 cm³/mol. The summed E-state index contributed by atoms with van der Waals surface area (Å²) in [6.07, 6.45) is 29.8. The van der Waals surface area contributed by atoms with E-state index in [1.165, 1.54) is 89.9 Å². The highest BCUT2D eigenvalue weighted by atomic mass is 16.8. The molecule has 5 nitrogen and oxygen atoms in total. The first-order chi connectivity index (χ1) is 19.4. The van der Waals surface area contributed by atoms with Gasteiger partial charge in [-0.3, -0.25) is 0 Å². The largest absolute Gasteiger partial charge is 0.389 e. The third kappa shape index (κ3) is 14.0. The Morgan fingerprint density at radius 3 is 1.82 bits per heavy atom. The van der Waals surface area contributed by atoms with Crippen molar-refractivity contribution >= 4 is 0 Å². The zero-order valence-electron chi connectivity index (χ0n) is 26.7. The van der Waals surface area contributed by atoms with Crippen molar-refractivity contribution in [3.63, 3.8) is 0 Å². The lowest BCUT2D eigenvalue weighted by molar-refractivity contribution is -0.202. The van der Waals surface area contributed by atoms with Gasteiger partial charge in [-0.05, 0) is 57.9 Å². The van der Waals surface area contributed by atoms with E-state index in [0.29, 0.717) is 19.0 Å². The Bertz CT molecular complexity index is 660. The van der Waals surface area contributed by atoms with Crippen molar-refractivity contribution in [3.05, 3.63) is 24.3 Å². The van der Waals surface area contributed by atoms with Gasteiger partial charge < -0.3 is 24.6 Å². The number of likely N-dealkylation sites (N-methyl/N-ethyl adjacent to an activating group) is 1. The predicted octanol–water partition coefficient (Wildman–Crippen LogP) is 8.33. The number of ether oxygens (including phenoxy) is 2. The number of aliphatic hydroxyl groups excluding tert-OH is 2. The number of hydrogen-bond donors (Lipinski definition) is 2. The van der Waals surface area contributed by atoms with E-state index in [-0.39, 0.29) is 0 Å². The third-order valence-corrected chi connectivity index (χ3v) is 8.86. The normalized spacial score (nSPS) is 28.4. The number of nitrogens with zero attached hydrogens (tertiary/aromatic N) is 1. The Morgan fingerprint density at radius 1 is 0.700 bits per heavy atom. The average Bonchev–Trinajstić information content (AvgIpc) is 3.28. The number of unbranched alkanes of at least 4 members (excludes halogenated alkanes) is 11. The van der Waals surface area contributed by atoms with Gasteiger partial charge in [0.1, 0.15) is 12.2 Å². The molecule has 0 radical (unpaired) electrons. The number of hydrogen-bond acceptors (Lipinski definition) is 5. The smallest absolute Gasteiger partial charge is 0.169 e. The summed E-state index contributed by atoms with van der Waals surface area (Å²) in [7, 11) is 1.93. The maximum atomic E-state index is 10.8. The lowest BCUT2D eigenvalue weighted by Gasteiger charge is -2.31. The van der Waals surface area contributed by atoms with Crippen molar-refractivity contribution in [1.29, 1.82) is 0 Å². The van der Waals surface area contributed by atoms with Crippen molar-refractivity contribution in [1.82, 2.24) is 4.90 Å². The molecule has 5 heteroatoms. The SMILES string of the molecule is CCCCC/C=C\C/C=C\CCCCCCCCC1(CCC(C)CCCCC)O[C@@H]2[C@H](O1)[C@@H](O)CN(C)C[C@H]2O. The molecule has 2 aliphatic heterocycles. The molecule has 0 aromatic rings. The molecular weight excluding hydrogens is 498 g/mol. The van der Waals surface area contributed by atoms with Gasteiger partial charge >= 0.3 is 0 Å². The lowest BCUT2D eigenvalue weighted by atomic mass is 9.93. The second kappa shape index (κ2) is 21.0. The van der Waals surface area contributed by atoms with E-state index >= 15 is 0 Å². The second-order valence-corrected chi connectivity index (χ2v) is 12.9. The van der Waals surface area contributed by atoms with Crippen LogP contribution in [0.3, 0.4) is 0 Å². The van der Waals surface area contributed by atoms with Crippen LogP contribution in [0.25, 0.3) is 0 Å². The van der Waals surface area contributed by atoms with Gasteiger partial charge in [0.2, 0.25) is 0 Å². The minimum Gasteiger partial charge on any atom is -0.389 e. The summed E-state index contributed by atoms with van der Waals surface area (Å²) in [5, 5.41) is 21.7. The molecule has 0 amide bonds. The highest BCUT2D eigenvalue weighted by Crippen LogP contribution is 2.41. The zero-order chi connectivity index (χ0) is 29.1. The van der Waals surface area contributed by atoms with Crippen molar-refractivity contribution < 1.29 is 19.7 Å². The summed E-state index contributed by atoms with van der Waals surface area (Å²) in [6.45, 7) is 7.87. The van der Waals surface area contributed by atoms with Crippen LogP contribution in [-0.4, -0.2) is 65.5 Å². The quantitative estimate of drug-likeness (QED) is 0.102. The summed E-state index contributed by atoms with van der Waals surface area (Å²) >= 11 is 0. The van der Waals surface area contributed by atoms with Gasteiger partial charge in [0.15, 0.2) is 5.79 Å². The molecule has 0 spiro atoms. The van der Waals surface area contributed by atoms with Crippen LogP contribution in [0.1, 0.15) is 143 Å². The summed E-state index contributed by atoms with van der Waals surface area (Å²) in [6, 6.07) is 0. The first-order valence-electron chi connectivity index (χ1n) is 17.1. The molecule has 2 N–H and O–H groups in total. The van der Waals surface area contributed by atoms with Gasteiger partial charge in [-0.15, -0.1) is 0 Å². The number of rotatable bonds is 22. The van der Waals surface area contributed by atoms with E-state index in [1.54, 1.807) is 0 Å². The standard InChI is InChI=1S/C35H65NO4/c1-5-7-9-10-11-12-13-14-15-16-17-18-19-20-21-23-26-35(27-25-30(3)24-22-8-6-2)39-33-31(37)28-36(4)29-32(38)34(33)40-35/h11-12,14-15,30-34,37-38H,5-10,13,16-29H2,1-4H3/b12-11-,15-14-/t30?,31-,32+,33+,34-,35?. The molecule has 40 heavy (non-hydrogen) atoms. The number of allylic oxidation sites excluding steroid dienone is 4. The summed E-state index contributed by atoms with van der Waals surface area (Å²) in [4.78, 5) is 1.97. The van der Waals surface area contributed by atoms with Crippen LogP contribution in [0.4, 0.5) is 0 Å². The summed E-state index contributed by atoms with van der Waals surface area (Å²) < 4.78 is 13.2. The Labute approximate surface area is 247 Å². The topological polar surface area (TPSA) is 62.2 Å². The minimum atomic E-state index is -0.665. The van der Waals surface area contributed by atoms with Crippen molar-refractivity contribution in [3.8, 4) is 0 Å². The van der Waals surface area contributed by atoms with Gasteiger partial charge in [0.05, 0.1) is 12.2 Å². The molecule has 0 saturated carbocycles. The van der Waals surface area contributed by atoms with Crippen LogP contribution < -0.4 is 0 Å². The minimum absolute atomic E-state index is 0.444. The molecule has 2 saturated heterocycles. The fourth-order valence-electron chi connectivity index (χ4n) is 6.27. The monoisotopic (exact) mass is 563 g/mol. The van der Waals surface area contributed by atoms with Crippen molar-refractivity contribution in [2.24, 2.45) is 5.92 Å². The van der Waals surface area contributed by atoms with E-state index < -0.39 is 30.2 Å². The average molecular weight is 564 g/mol. The summed E-state index contributed by atoms with van der Waals surface area (Å²) in [5.74, 6) is -0.0283. The van der Waals surface area contributed by atoms with E-state index in [9.17, 15) is 10.2 Å². The zero-order valence-corrected chi connectivity index (χ0v) is 26.7. The second-order valence-electron chi connectivity index (χ2n) is 12.9. The van der Waals surface area contributed by atoms with Gasteiger partial charge in [0.25, 0.3) is 0 Å². The number of fused-ring (bicyclic) bond motifs is 1. The Morgan fingerprint density at radius 2 is 1.23 bits per heavy atom. The lowest BCUT2D eigenvalue weighted by Crippen LogP contribution is -2.41. The first-order valence-corrected chi connectivity index (χ1v) is 17.1. The molecule has 2 heterocycles. The molecule has 0 aromatic carbocycles. The van der Waals surface area contributed by atoms with Crippen molar-refractivity contribution in [2.75, 3.05) is 20.1 Å². The fourth-order valence-corrected chi connectivity index (χ4v) is 6.27. The number of likely N-dealkylation sites (tertiary alicyclic amines) is 1. The highest BCUT2D eigenvalue weighted by Gasteiger charge is 2.53. The van der Waals surface area contributed by atoms with E-state index in [4.69, 9.17) is 9.47 Å². The van der Waals surface area contributed by atoms with Crippen LogP contribution >= 0.6 is 0 Å². The van der Waals surface area contributed by atoms with Gasteiger partial charge in [-0.2, -0.15) is 0 Å². The van der Waals surface area contributed by atoms with Gasteiger partial charge in [-0.25, -0.2) is 0 Å². The Hall–Kier alpha value is -0.720. The molecule has 0 aliphatic carbocycles. The summed E-state index contributed by atoms with van der Waals surface area (Å²) in [5.41, 5.74) is 0. The van der Waals surface area contributed by atoms with Crippen LogP contribution in [0.2, 0.25) is 0 Å². The molecule has 2 unspecified atom stereocenters. The Balaban J connectivity index is 1.71. The molecule has 2 rings (SSSR count). The van der Waals surface area contributed by atoms with E-state index in [1.807, 2.05) is 11.9 Å². The first kappa shape index (κ1) is 35.5. The fraction of sp³-hybridized carbons (Fsp3) is 0.886. The molecule has 234 valence electrons. The van der Waals surface area contributed by atoms with Crippen LogP contribution in [0.5, 0.6) is 0 Å². The molecule has 0 bridgehead atoms. The molecule has 2 aliphatic rings. The van der Waals surface area contributed by atoms with E-state index in [2.05, 4.69) is 45.1 Å². The Kier molecular flexibility index (Phi) is 18.7. The van der Waals surface area contributed by atoms with E-state index in [0.717, 1.165) is 32.1 Å². The maximum Gasteiger partial charge on any atom is 0.169 e. The molecular formula is C35H65NO4. The van der Waals surface area contributed by atoms with Crippen LogP contribution in [0.15, 0.2) is 24.3 Å². The van der Waals surface area contributed by atoms with Crippen LogP contribution in [-0.2, 0) is 9.47 Å². The highest BCUT2D eigenvalue weighted by molar-refractivity contribution is 4.97. The van der Waals surface area contributed by atoms with Gasteiger partial charge in [-0.1, -0.05) is 109 Å². The van der Waals surface area contributed by atoms with Crippen LogP contribution in [0, 0.1) is 5.92 Å². The van der Waals surface area contributed by atoms with Gasteiger partial charge in [0, 0.05) is 25.9 Å². The number of β-amino-alcohol motifs (C(OH)–C–C–N with tert-alkyl or cyclic N) is 2. The molecule has 2 fully saturated rings. The molecule has 0 aromatic heterocycles. The van der Waals surface area contributed by atoms with Crippen molar-refractivity contribution in [2.45, 2.75) is 173 Å². The molecule has 6 atom stereocenters. The third-order valence-electron chi connectivity index (χ3n) is 8.86. The maximum absolute atomic E-state index is 10.8. The number of aliphatic hydroxyl groups is 2.